The zero-order valence-electron chi connectivity index (χ0n) is 15.8. The lowest BCUT2D eigenvalue weighted by Crippen LogP contribution is -2.14. The van der Waals surface area contributed by atoms with Crippen molar-refractivity contribution in [3.8, 4) is 23.3 Å². The van der Waals surface area contributed by atoms with Gasteiger partial charge in [0, 0.05) is 5.69 Å². The van der Waals surface area contributed by atoms with E-state index in [2.05, 4.69) is 5.32 Å². The van der Waals surface area contributed by atoms with Gasteiger partial charge in [-0.3, -0.25) is 4.79 Å². The zero-order chi connectivity index (χ0) is 19.8. The quantitative estimate of drug-likeness (QED) is 0.593. The molecule has 0 fully saturated rings. The molecule has 0 aromatic heterocycles. The molecule has 6 nitrogen and oxygen atoms in total. The van der Waals surface area contributed by atoms with Crippen molar-refractivity contribution in [1.82, 2.24) is 0 Å². The van der Waals surface area contributed by atoms with E-state index in [0.29, 0.717) is 35.1 Å². The molecule has 6 heteroatoms. The molecule has 140 valence electrons. The normalized spacial score (nSPS) is 10.7. The molecule has 0 aliphatic carbocycles. The summed E-state index contributed by atoms with van der Waals surface area (Å²) in [6.45, 7) is 4.19. The number of ether oxygens (including phenoxy) is 3. The Bertz CT molecular complexity index is 872. The minimum absolute atomic E-state index is 0.0356. The number of hydrogen-bond acceptors (Lipinski definition) is 5. The van der Waals surface area contributed by atoms with Crippen molar-refractivity contribution in [3.63, 3.8) is 0 Å². The van der Waals surface area contributed by atoms with E-state index in [1.165, 1.54) is 20.3 Å². The number of carbonyl (C=O) groups excluding carboxylic acids is 1. The molecule has 0 unspecified atom stereocenters. The van der Waals surface area contributed by atoms with E-state index in [4.69, 9.17) is 14.2 Å². The number of carbonyl (C=O) groups is 1. The summed E-state index contributed by atoms with van der Waals surface area (Å²) < 4.78 is 16.3. The molecular formula is C21H22N2O4. The van der Waals surface area contributed by atoms with Gasteiger partial charge in [0.05, 0.1) is 20.8 Å². The van der Waals surface area contributed by atoms with Gasteiger partial charge in [0.15, 0.2) is 11.5 Å². The Balaban J connectivity index is 2.38. The molecule has 0 bridgehead atoms. The summed E-state index contributed by atoms with van der Waals surface area (Å²) in [6.07, 6.45) is 1.48. The molecule has 0 saturated carbocycles. The van der Waals surface area contributed by atoms with Crippen LogP contribution in [0.3, 0.4) is 0 Å². The molecule has 0 aliphatic heterocycles. The highest BCUT2D eigenvalue weighted by molar-refractivity contribution is 6.10. The standard InChI is InChI=1S/C21H22N2O4/c1-5-27-20-18(25-3)11-15(12-19(20)26-4)10-16(13-22)21(24)23-17-9-7-6-8-14(17)2/h6-12H,5H2,1-4H3,(H,23,24). The van der Waals surface area contributed by atoms with Crippen LogP contribution in [0.4, 0.5) is 5.69 Å². The Kier molecular flexibility index (Phi) is 6.84. The lowest BCUT2D eigenvalue weighted by molar-refractivity contribution is -0.112. The first-order valence-electron chi connectivity index (χ1n) is 8.41. The van der Waals surface area contributed by atoms with Crippen molar-refractivity contribution >= 4 is 17.7 Å². The number of benzene rings is 2. The van der Waals surface area contributed by atoms with Crippen molar-refractivity contribution in [3.05, 3.63) is 53.1 Å². The average Bonchev–Trinajstić information content (AvgIpc) is 2.68. The van der Waals surface area contributed by atoms with Gasteiger partial charge in [-0.05, 0) is 49.2 Å². The third kappa shape index (κ3) is 4.79. The van der Waals surface area contributed by atoms with Gasteiger partial charge in [0.25, 0.3) is 5.91 Å². The molecule has 2 aromatic carbocycles. The van der Waals surface area contributed by atoms with Gasteiger partial charge < -0.3 is 19.5 Å². The minimum Gasteiger partial charge on any atom is -0.493 e. The number of hydrogen-bond donors (Lipinski definition) is 1. The largest absolute Gasteiger partial charge is 0.493 e. The molecule has 0 aliphatic rings. The van der Waals surface area contributed by atoms with E-state index < -0.39 is 5.91 Å². The number of para-hydroxylation sites is 1. The van der Waals surface area contributed by atoms with Crippen LogP contribution in [0.2, 0.25) is 0 Å². The summed E-state index contributed by atoms with van der Waals surface area (Å²) in [7, 11) is 3.03. The second-order valence-electron chi connectivity index (χ2n) is 5.63. The molecular weight excluding hydrogens is 344 g/mol. The average molecular weight is 366 g/mol. The first-order chi connectivity index (χ1) is 13.0. The van der Waals surface area contributed by atoms with Crippen LogP contribution in [0.15, 0.2) is 42.0 Å². The summed E-state index contributed by atoms with van der Waals surface area (Å²) >= 11 is 0. The highest BCUT2D eigenvalue weighted by Gasteiger charge is 2.15. The molecule has 0 radical (unpaired) electrons. The number of anilines is 1. The number of nitrogens with one attached hydrogen (secondary N) is 1. The molecule has 0 spiro atoms. The summed E-state index contributed by atoms with van der Waals surface area (Å²) in [6, 6.07) is 12.7. The third-order valence-electron chi connectivity index (χ3n) is 3.84. The van der Waals surface area contributed by atoms with Crippen LogP contribution in [-0.2, 0) is 4.79 Å². The van der Waals surface area contributed by atoms with Crippen molar-refractivity contribution < 1.29 is 19.0 Å². The smallest absolute Gasteiger partial charge is 0.266 e. The monoisotopic (exact) mass is 366 g/mol. The van der Waals surface area contributed by atoms with Crippen LogP contribution in [-0.4, -0.2) is 26.7 Å². The van der Waals surface area contributed by atoms with Crippen LogP contribution in [0.1, 0.15) is 18.1 Å². The number of nitriles is 1. The second kappa shape index (κ2) is 9.30. The van der Waals surface area contributed by atoms with Gasteiger partial charge in [0.1, 0.15) is 11.6 Å². The van der Waals surface area contributed by atoms with Crippen LogP contribution in [0, 0.1) is 18.3 Å². The van der Waals surface area contributed by atoms with Gasteiger partial charge >= 0.3 is 0 Å². The fourth-order valence-corrected chi connectivity index (χ4v) is 2.49. The first kappa shape index (κ1) is 19.9. The van der Waals surface area contributed by atoms with Crippen molar-refractivity contribution in [2.75, 3.05) is 26.1 Å². The molecule has 27 heavy (non-hydrogen) atoms. The molecule has 1 N–H and O–H groups in total. The van der Waals surface area contributed by atoms with Crippen LogP contribution >= 0.6 is 0 Å². The van der Waals surface area contributed by atoms with Gasteiger partial charge in [-0.15, -0.1) is 0 Å². The van der Waals surface area contributed by atoms with E-state index >= 15 is 0 Å². The summed E-state index contributed by atoms with van der Waals surface area (Å²) in [5.74, 6) is 0.902. The van der Waals surface area contributed by atoms with E-state index in [9.17, 15) is 10.1 Å². The van der Waals surface area contributed by atoms with E-state index in [0.717, 1.165) is 5.56 Å². The van der Waals surface area contributed by atoms with Crippen molar-refractivity contribution in [2.24, 2.45) is 0 Å². The Morgan fingerprint density at radius 2 is 1.81 bits per heavy atom. The highest BCUT2D eigenvalue weighted by Crippen LogP contribution is 2.39. The topological polar surface area (TPSA) is 80.6 Å². The maximum Gasteiger partial charge on any atom is 0.266 e. The van der Waals surface area contributed by atoms with E-state index in [-0.39, 0.29) is 5.57 Å². The van der Waals surface area contributed by atoms with Crippen LogP contribution in [0.5, 0.6) is 17.2 Å². The highest BCUT2D eigenvalue weighted by atomic mass is 16.5. The Labute approximate surface area is 159 Å². The van der Waals surface area contributed by atoms with Crippen molar-refractivity contribution in [1.29, 1.82) is 5.26 Å². The lowest BCUT2D eigenvalue weighted by atomic mass is 10.1. The van der Waals surface area contributed by atoms with Gasteiger partial charge in [0.2, 0.25) is 5.75 Å². The summed E-state index contributed by atoms with van der Waals surface area (Å²) in [5.41, 5.74) is 2.12. The van der Waals surface area contributed by atoms with Crippen molar-refractivity contribution in [2.45, 2.75) is 13.8 Å². The molecule has 2 aromatic rings. The van der Waals surface area contributed by atoms with Crippen LogP contribution < -0.4 is 19.5 Å². The first-order valence-corrected chi connectivity index (χ1v) is 8.41. The fourth-order valence-electron chi connectivity index (χ4n) is 2.49. The maximum atomic E-state index is 12.5. The number of amides is 1. The second-order valence-corrected chi connectivity index (χ2v) is 5.63. The number of aryl methyl sites for hydroxylation is 1. The number of rotatable bonds is 7. The molecule has 0 saturated heterocycles. The summed E-state index contributed by atoms with van der Waals surface area (Å²) in [5, 5.41) is 12.2. The van der Waals surface area contributed by atoms with E-state index in [1.54, 1.807) is 18.2 Å². The Hall–Kier alpha value is -3.46. The van der Waals surface area contributed by atoms with E-state index in [1.807, 2.05) is 38.1 Å². The predicted molar refractivity (Wildman–Crippen MR) is 104 cm³/mol. The molecule has 2 rings (SSSR count). The number of nitrogens with zero attached hydrogens (tertiary/aromatic N) is 1. The maximum absolute atomic E-state index is 12.5. The SMILES string of the molecule is CCOc1c(OC)cc(C=C(C#N)C(=O)Nc2ccccc2C)cc1OC. The fraction of sp³-hybridized carbons (Fsp3) is 0.238. The Morgan fingerprint density at radius 1 is 1.19 bits per heavy atom. The molecule has 1 amide bonds. The van der Waals surface area contributed by atoms with Crippen LogP contribution in [0.25, 0.3) is 6.08 Å². The van der Waals surface area contributed by atoms with Gasteiger partial charge in [-0.25, -0.2) is 0 Å². The molecule has 0 heterocycles. The van der Waals surface area contributed by atoms with Gasteiger partial charge in [-0.2, -0.15) is 5.26 Å². The third-order valence-corrected chi connectivity index (χ3v) is 3.84. The van der Waals surface area contributed by atoms with Gasteiger partial charge in [-0.1, -0.05) is 18.2 Å². The predicted octanol–water partition coefficient (Wildman–Crippen LogP) is 3.96. The lowest BCUT2D eigenvalue weighted by Gasteiger charge is -2.14. The summed E-state index contributed by atoms with van der Waals surface area (Å²) in [4.78, 5) is 12.5. The molecule has 0 atom stereocenters. The minimum atomic E-state index is -0.487. The Morgan fingerprint density at radius 3 is 2.33 bits per heavy atom. The zero-order valence-corrected chi connectivity index (χ0v) is 15.8. The number of methoxy groups -OCH3 is 2.